The maximum atomic E-state index is 11.3. The van der Waals surface area contributed by atoms with Gasteiger partial charge in [0, 0.05) is 12.6 Å². The van der Waals surface area contributed by atoms with Gasteiger partial charge in [-0.05, 0) is 11.1 Å². The number of anilines is 1. The Morgan fingerprint density at radius 1 is 1.71 bits per heavy atom. The third kappa shape index (κ3) is 2.96. The van der Waals surface area contributed by atoms with Crippen molar-refractivity contribution in [2.24, 2.45) is 5.92 Å². The summed E-state index contributed by atoms with van der Waals surface area (Å²) in [7, 11) is 0. The first kappa shape index (κ1) is 10.4. The molecule has 1 amide bonds. The molecular weight excluding hydrogens is 182 g/mol. The summed E-state index contributed by atoms with van der Waals surface area (Å²) in [6.07, 6.45) is 1.84. The highest BCUT2D eigenvalue weighted by atomic mass is 16.1. The molecule has 76 valence electrons. The number of aromatic nitrogens is 4. The number of nitrogens with zero attached hydrogens (tertiary/aromatic N) is 4. The van der Waals surface area contributed by atoms with Gasteiger partial charge < -0.3 is 0 Å². The van der Waals surface area contributed by atoms with E-state index in [0.29, 0.717) is 12.3 Å². The Kier molecular flexibility index (Phi) is 3.33. The molecule has 0 aliphatic carbocycles. The summed E-state index contributed by atoms with van der Waals surface area (Å²) in [6.45, 7) is 7.39. The predicted molar refractivity (Wildman–Crippen MR) is 52.3 cm³/mol. The van der Waals surface area contributed by atoms with Crippen LogP contribution in [0.15, 0.2) is 6.58 Å². The van der Waals surface area contributed by atoms with E-state index in [1.54, 1.807) is 0 Å². The van der Waals surface area contributed by atoms with Crippen molar-refractivity contribution in [2.75, 3.05) is 5.32 Å². The largest absolute Gasteiger partial charge is 0.292 e. The third-order valence-corrected chi connectivity index (χ3v) is 1.44. The van der Waals surface area contributed by atoms with Crippen LogP contribution in [-0.4, -0.2) is 26.1 Å². The lowest BCUT2D eigenvalue weighted by atomic mass is 10.1. The molecule has 0 aliphatic heterocycles. The van der Waals surface area contributed by atoms with E-state index in [2.05, 4.69) is 27.3 Å². The quantitative estimate of drug-likeness (QED) is 0.769. The summed E-state index contributed by atoms with van der Waals surface area (Å²) >= 11 is 0. The van der Waals surface area contributed by atoms with Crippen molar-refractivity contribution >= 4 is 18.1 Å². The van der Waals surface area contributed by atoms with E-state index in [4.69, 9.17) is 0 Å². The summed E-state index contributed by atoms with van der Waals surface area (Å²) < 4.78 is 0. The van der Waals surface area contributed by atoms with Gasteiger partial charge >= 0.3 is 0 Å². The molecule has 0 fully saturated rings. The van der Waals surface area contributed by atoms with Crippen LogP contribution in [0.1, 0.15) is 20.3 Å². The van der Waals surface area contributed by atoms with Gasteiger partial charge in [0.2, 0.25) is 5.91 Å². The van der Waals surface area contributed by atoms with E-state index in [-0.39, 0.29) is 11.9 Å². The Balaban J connectivity index is 2.51. The first-order chi connectivity index (χ1) is 6.61. The van der Waals surface area contributed by atoms with Crippen molar-refractivity contribution in [2.45, 2.75) is 20.3 Å². The van der Waals surface area contributed by atoms with Gasteiger partial charge in [-0.15, -0.1) is 9.90 Å². The smallest absolute Gasteiger partial charge is 0.270 e. The van der Waals surface area contributed by atoms with Crippen LogP contribution in [0, 0.1) is 5.92 Å². The first-order valence-electron chi connectivity index (χ1n) is 4.33. The van der Waals surface area contributed by atoms with Crippen molar-refractivity contribution in [1.29, 1.82) is 0 Å². The molecule has 0 atom stereocenters. The molecule has 0 spiro atoms. The van der Waals surface area contributed by atoms with E-state index >= 15 is 0 Å². The number of carbonyl (C=O) groups excluding carboxylic acids is 1. The number of hydrogen-bond acceptors (Lipinski definition) is 4. The summed E-state index contributed by atoms with van der Waals surface area (Å²) in [5, 5.41) is 13.6. The van der Waals surface area contributed by atoms with Crippen LogP contribution < -0.4 is 5.32 Å². The van der Waals surface area contributed by atoms with Crippen LogP contribution in [0.5, 0.6) is 0 Å². The Hall–Kier alpha value is -1.72. The summed E-state index contributed by atoms with van der Waals surface area (Å²) in [5.41, 5.74) is 0. The zero-order valence-corrected chi connectivity index (χ0v) is 8.27. The Bertz CT molecular complexity index is 330. The number of carbonyl (C=O) groups is 1. The number of nitrogens with one attached hydrogen (secondary N) is 1. The van der Waals surface area contributed by atoms with Crippen LogP contribution in [-0.2, 0) is 4.79 Å². The average Bonchev–Trinajstić information content (AvgIpc) is 2.50. The number of tetrazole rings is 1. The molecule has 1 aromatic rings. The lowest BCUT2D eigenvalue weighted by Gasteiger charge is -2.02. The Morgan fingerprint density at radius 3 is 2.93 bits per heavy atom. The maximum absolute atomic E-state index is 11.3. The van der Waals surface area contributed by atoms with Crippen LogP contribution in [0.25, 0.3) is 6.20 Å². The van der Waals surface area contributed by atoms with E-state index < -0.39 is 0 Å². The number of amides is 1. The van der Waals surface area contributed by atoms with E-state index in [9.17, 15) is 4.79 Å². The molecule has 14 heavy (non-hydrogen) atoms. The van der Waals surface area contributed by atoms with Gasteiger partial charge in [-0.25, -0.2) is 0 Å². The van der Waals surface area contributed by atoms with Crippen LogP contribution in [0.4, 0.5) is 5.95 Å². The Labute approximate surface area is 82.0 Å². The zero-order valence-electron chi connectivity index (χ0n) is 8.27. The molecule has 6 nitrogen and oxygen atoms in total. The lowest BCUT2D eigenvalue weighted by Crippen LogP contribution is -2.14. The minimum atomic E-state index is -0.108. The van der Waals surface area contributed by atoms with Crippen molar-refractivity contribution in [3.8, 4) is 0 Å². The fourth-order valence-corrected chi connectivity index (χ4v) is 0.899. The molecule has 0 bridgehead atoms. The Morgan fingerprint density at radius 2 is 2.43 bits per heavy atom. The highest BCUT2D eigenvalue weighted by Crippen LogP contribution is 2.02. The minimum Gasteiger partial charge on any atom is -0.292 e. The molecule has 0 aromatic carbocycles. The second-order valence-electron chi connectivity index (χ2n) is 3.26. The molecule has 1 rings (SSSR count). The summed E-state index contributed by atoms with van der Waals surface area (Å²) in [6, 6.07) is 0. The van der Waals surface area contributed by atoms with Crippen LogP contribution >= 0.6 is 0 Å². The second kappa shape index (κ2) is 4.50. The van der Waals surface area contributed by atoms with Gasteiger partial charge in [0.25, 0.3) is 5.95 Å². The highest BCUT2D eigenvalue weighted by Gasteiger charge is 2.08. The van der Waals surface area contributed by atoms with Crippen LogP contribution in [0.3, 0.4) is 0 Å². The summed E-state index contributed by atoms with van der Waals surface area (Å²) in [4.78, 5) is 12.5. The normalized spacial score (nSPS) is 10.2. The first-order valence-corrected chi connectivity index (χ1v) is 4.33. The van der Waals surface area contributed by atoms with Gasteiger partial charge in [-0.1, -0.05) is 25.5 Å². The van der Waals surface area contributed by atoms with Crippen LogP contribution in [0.2, 0.25) is 0 Å². The highest BCUT2D eigenvalue weighted by molar-refractivity contribution is 5.88. The van der Waals surface area contributed by atoms with Crippen molar-refractivity contribution in [1.82, 2.24) is 20.2 Å². The van der Waals surface area contributed by atoms with Gasteiger partial charge in [0.05, 0.1) is 0 Å². The maximum Gasteiger partial charge on any atom is 0.270 e. The molecule has 0 aliphatic rings. The van der Waals surface area contributed by atoms with Gasteiger partial charge in [-0.3, -0.25) is 10.1 Å². The van der Waals surface area contributed by atoms with Crippen molar-refractivity contribution < 1.29 is 4.79 Å². The molecular formula is C8H13N5O. The second-order valence-corrected chi connectivity index (χ2v) is 3.26. The predicted octanol–water partition coefficient (Wildman–Crippen LogP) is 0.758. The molecule has 6 heteroatoms. The molecule has 0 saturated heterocycles. The molecule has 1 N–H and O–H groups in total. The fourth-order valence-electron chi connectivity index (χ4n) is 0.899. The van der Waals surface area contributed by atoms with E-state index in [1.165, 1.54) is 11.0 Å². The van der Waals surface area contributed by atoms with Gasteiger partial charge in [0.15, 0.2) is 0 Å². The molecule has 1 aromatic heterocycles. The lowest BCUT2D eigenvalue weighted by molar-refractivity contribution is -0.116. The van der Waals surface area contributed by atoms with Gasteiger partial charge in [-0.2, -0.15) is 0 Å². The monoisotopic (exact) mass is 195 g/mol. The number of hydrogen-bond donors (Lipinski definition) is 1. The van der Waals surface area contributed by atoms with E-state index in [1.807, 2.05) is 13.8 Å². The zero-order chi connectivity index (χ0) is 10.6. The number of rotatable bonds is 4. The van der Waals surface area contributed by atoms with Gasteiger partial charge in [0.1, 0.15) is 0 Å². The minimum absolute atomic E-state index is 0.108. The molecule has 0 radical (unpaired) electrons. The molecule has 0 saturated carbocycles. The summed E-state index contributed by atoms with van der Waals surface area (Å²) in [5.74, 6) is 0.406. The van der Waals surface area contributed by atoms with Crippen molar-refractivity contribution in [3.05, 3.63) is 6.58 Å². The third-order valence-electron chi connectivity index (χ3n) is 1.44. The SMILES string of the molecule is C=Cn1nnc(NC(=O)CC(C)C)n1. The molecule has 1 heterocycles. The van der Waals surface area contributed by atoms with Crippen molar-refractivity contribution in [3.63, 3.8) is 0 Å². The topological polar surface area (TPSA) is 72.7 Å². The fraction of sp³-hybridized carbons (Fsp3) is 0.500. The average molecular weight is 195 g/mol. The van der Waals surface area contributed by atoms with E-state index in [0.717, 1.165) is 0 Å². The molecule has 0 unspecified atom stereocenters. The standard InChI is InChI=1S/C8H13N5O/c1-4-13-11-8(10-12-13)9-7(14)5-6(2)3/h4,6H,1,5H2,2-3H3,(H,9,11,14).